The number of nitrogens with one attached hydrogen (secondary N) is 1. The van der Waals surface area contributed by atoms with Gasteiger partial charge in [-0.2, -0.15) is 0 Å². The van der Waals surface area contributed by atoms with Crippen LogP contribution in [0.25, 0.3) is 0 Å². The van der Waals surface area contributed by atoms with E-state index in [4.69, 9.17) is 19.9 Å². The van der Waals surface area contributed by atoms with Gasteiger partial charge in [0.15, 0.2) is 5.96 Å². The first-order valence-corrected chi connectivity index (χ1v) is 10.3. The molecule has 0 saturated carbocycles. The van der Waals surface area contributed by atoms with E-state index in [0.717, 1.165) is 76.8 Å². The van der Waals surface area contributed by atoms with Crippen molar-refractivity contribution in [2.45, 2.75) is 26.3 Å². The summed E-state index contributed by atoms with van der Waals surface area (Å²) in [6, 6.07) is 6.24. The molecule has 0 aliphatic carbocycles. The van der Waals surface area contributed by atoms with Crippen LogP contribution in [-0.4, -0.2) is 70.1 Å². The molecule has 7 nitrogen and oxygen atoms in total. The van der Waals surface area contributed by atoms with Gasteiger partial charge in [-0.3, -0.25) is 4.90 Å². The summed E-state index contributed by atoms with van der Waals surface area (Å²) in [7, 11) is 0. The Labute approximate surface area is 191 Å². The van der Waals surface area contributed by atoms with Crippen molar-refractivity contribution in [2.24, 2.45) is 16.6 Å². The summed E-state index contributed by atoms with van der Waals surface area (Å²) < 4.78 is 16.9. The Morgan fingerprint density at radius 3 is 2.86 bits per heavy atom. The van der Waals surface area contributed by atoms with Gasteiger partial charge in [-0.15, -0.1) is 24.0 Å². The monoisotopic (exact) mass is 518 g/mol. The van der Waals surface area contributed by atoms with Crippen molar-refractivity contribution >= 4 is 29.9 Å². The summed E-state index contributed by atoms with van der Waals surface area (Å²) in [6.45, 7) is 10.5. The number of aliphatic imine (C=N–C) groups is 1. The first-order chi connectivity index (χ1) is 13.7. The third-order valence-corrected chi connectivity index (χ3v) is 5.20. The summed E-state index contributed by atoms with van der Waals surface area (Å²) in [5.74, 6) is 1.86. The van der Waals surface area contributed by atoms with Crippen molar-refractivity contribution in [1.82, 2.24) is 10.2 Å². The Bertz CT molecular complexity index is 632. The molecule has 2 fully saturated rings. The molecular formula is C21H35IN4O3. The third-order valence-electron chi connectivity index (χ3n) is 5.20. The number of rotatable bonds is 9. The normalized spacial score (nSPS) is 20.3. The third kappa shape index (κ3) is 8.65. The molecule has 0 amide bonds. The maximum Gasteiger partial charge on any atom is 0.188 e. The van der Waals surface area contributed by atoms with Crippen LogP contribution in [0, 0.1) is 12.8 Å². The average Bonchev–Trinajstić information content (AvgIpc) is 3.23. The highest BCUT2D eigenvalue weighted by atomic mass is 127. The molecule has 2 saturated heterocycles. The topological polar surface area (TPSA) is 81.3 Å². The minimum Gasteiger partial charge on any atom is -0.493 e. The largest absolute Gasteiger partial charge is 0.493 e. The van der Waals surface area contributed by atoms with E-state index in [-0.39, 0.29) is 24.0 Å². The Hall–Kier alpha value is -1.10. The second-order valence-electron chi connectivity index (χ2n) is 7.59. The molecule has 0 radical (unpaired) electrons. The molecule has 2 aliphatic heterocycles. The number of benzene rings is 1. The van der Waals surface area contributed by atoms with Crippen molar-refractivity contribution < 1.29 is 14.2 Å². The first kappa shape index (κ1) is 24.2. The lowest BCUT2D eigenvalue weighted by Gasteiger charge is -2.26. The Morgan fingerprint density at radius 1 is 1.28 bits per heavy atom. The SMILES string of the molecule is Cc1ccc(CN=C(N)NCCCN2CCOCC2)c(OCC2CCOC2)c1.I. The molecule has 1 unspecified atom stereocenters. The van der Waals surface area contributed by atoms with Crippen LogP contribution in [-0.2, 0) is 16.0 Å². The molecule has 29 heavy (non-hydrogen) atoms. The van der Waals surface area contributed by atoms with Crippen molar-refractivity contribution in [2.75, 3.05) is 59.2 Å². The number of nitrogens with zero attached hydrogens (tertiary/aromatic N) is 2. The second kappa shape index (κ2) is 13.3. The lowest BCUT2D eigenvalue weighted by atomic mass is 10.1. The summed E-state index contributed by atoms with van der Waals surface area (Å²) >= 11 is 0. The van der Waals surface area contributed by atoms with Gasteiger partial charge in [0, 0.05) is 37.7 Å². The number of guanidine groups is 1. The van der Waals surface area contributed by atoms with Gasteiger partial charge >= 0.3 is 0 Å². The average molecular weight is 518 g/mol. The van der Waals surface area contributed by atoms with Crippen LogP contribution in [0.3, 0.4) is 0 Å². The Morgan fingerprint density at radius 2 is 2.10 bits per heavy atom. The molecule has 0 bridgehead atoms. The van der Waals surface area contributed by atoms with Crippen LogP contribution in [0.15, 0.2) is 23.2 Å². The van der Waals surface area contributed by atoms with Crippen LogP contribution in [0.5, 0.6) is 5.75 Å². The fourth-order valence-electron chi connectivity index (χ4n) is 3.42. The predicted octanol–water partition coefficient (Wildman–Crippen LogP) is 2.15. The van der Waals surface area contributed by atoms with Crippen molar-refractivity contribution in [1.29, 1.82) is 0 Å². The van der Waals surface area contributed by atoms with E-state index < -0.39 is 0 Å². The fourth-order valence-corrected chi connectivity index (χ4v) is 3.42. The van der Waals surface area contributed by atoms with Crippen LogP contribution < -0.4 is 15.8 Å². The van der Waals surface area contributed by atoms with Gasteiger partial charge < -0.3 is 25.3 Å². The number of morpholine rings is 1. The van der Waals surface area contributed by atoms with E-state index >= 15 is 0 Å². The van der Waals surface area contributed by atoms with Crippen LogP contribution in [0.1, 0.15) is 24.0 Å². The molecule has 0 aromatic heterocycles. The molecule has 2 heterocycles. The van der Waals surface area contributed by atoms with Gasteiger partial charge in [-0.05, 0) is 37.9 Å². The molecule has 2 aliphatic rings. The van der Waals surface area contributed by atoms with Gasteiger partial charge in [0.05, 0.1) is 33.0 Å². The molecular weight excluding hydrogens is 483 g/mol. The zero-order valence-corrected chi connectivity index (χ0v) is 19.7. The van der Waals surface area contributed by atoms with E-state index in [1.54, 1.807) is 0 Å². The highest BCUT2D eigenvalue weighted by Gasteiger charge is 2.17. The predicted molar refractivity (Wildman–Crippen MR) is 126 cm³/mol. The highest BCUT2D eigenvalue weighted by molar-refractivity contribution is 14.0. The Kier molecular flexibility index (Phi) is 11.0. The van der Waals surface area contributed by atoms with E-state index in [1.807, 2.05) is 0 Å². The van der Waals surface area contributed by atoms with Gasteiger partial charge in [0.25, 0.3) is 0 Å². The summed E-state index contributed by atoms with van der Waals surface area (Å²) in [5, 5.41) is 3.21. The molecule has 3 rings (SSSR count). The maximum absolute atomic E-state index is 6.07. The van der Waals surface area contributed by atoms with E-state index in [2.05, 4.69) is 40.3 Å². The molecule has 8 heteroatoms. The molecule has 3 N–H and O–H groups in total. The number of hydrogen-bond donors (Lipinski definition) is 2. The molecule has 164 valence electrons. The van der Waals surface area contributed by atoms with Crippen molar-refractivity contribution in [3.63, 3.8) is 0 Å². The van der Waals surface area contributed by atoms with E-state index in [0.29, 0.717) is 25.0 Å². The summed E-state index contributed by atoms with van der Waals surface area (Å²) in [6.07, 6.45) is 2.11. The smallest absolute Gasteiger partial charge is 0.188 e. The number of hydrogen-bond acceptors (Lipinski definition) is 5. The van der Waals surface area contributed by atoms with Crippen molar-refractivity contribution in [3.8, 4) is 5.75 Å². The zero-order chi connectivity index (χ0) is 19.6. The number of ether oxygens (including phenoxy) is 3. The van der Waals surface area contributed by atoms with Crippen LogP contribution in [0.2, 0.25) is 0 Å². The highest BCUT2D eigenvalue weighted by Crippen LogP contribution is 2.23. The van der Waals surface area contributed by atoms with E-state index in [1.165, 1.54) is 5.56 Å². The number of nitrogens with two attached hydrogens (primary N) is 1. The van der Waals surface area contributed by atoms with E-state index in [9.17, 15) is 0 Å². The molecule has 1 aromatic rings. The molecule has 0 spiro atoms. The second-order valence-corrected chi connectivity index (χ2v) is 7.59. The van der Waals surface area contributed by atoms with Gasteiger partial charge in [0.2, 0.25) is 0 Å². The standard InChI is InChI=1S/C21H34N4O3.HI/c1-17-3-4-19(20(13-17)28-16-18-5-10-27-15-18)14-24-21(22)23-6-2-7-25-8-11-26-12-9-25;/h3-4,13,18H,2,5-12,14-16H2,1H3,(H3,22,23,24);1H. The summed E-state index contributed by atoms with van der Waals surface area (Å²) in [4.78, 5) is 6.91. The minimum atomic E-state index is 0. The maximum atomic E-state index is 6.07. The lowest BCUT2D eigenvalue weighted by Crippen LogP contribution is -2.39. The number of aryl methyl sites for hydroxylation is 1. The van der Waals surface area contributed by atoms with Gasteiger partial charge in [-0.25, -0.2) is 4.99 Å². The zero-order valence-electron chi connectivity index (χ0n) is 17.4. The first-order valence-electron chi connectivity index (χ1n) is 10.3. The number of halogens is 1. The fraction of sp³-hybridized carbons (Fsp3) is 0.667. The van der Waals surface area contributed by atoms with Gasteiger partial charge in [0.1, 0.15) is 5.75 Å². The summed E-state index contributed by atoms with van der Waals surface area (Å²) in [5.41, 5.74) is 8.28. The molecule has 1 atom stereocenters. The Balaban J connectivity index is 0.00000300. The quantitative estimate of drug-likeness (QED) is 0.226. The van der Waals surface area contributed by atoms with Crippen LogP contribution in [0.4, 0.5) is 0 Å². The van der Waals surface area contributed by atoms with Gasteiger partial charge in [-0.1, -0.05) is 12.1 Å². The molecule has 1 aromatic carbocycles. The van der Waals surface area contributed by atoms with Crippen LogP contribution >= 0.6 is 24.0 Å². The lowest BCUT2D eigenvalue weighted by molar-refractivity contribution is 0.0376. The minimum absolute atomic E-state index is 0. The van der Waals surface area contributed by atoms with Crippen molar-refractivity contribution in [3.05, 3.63) is 29.3 Å².